The van der Waals surface area contributed by atoms with Gasteiger partial charge in [0.1, 0.15) is 0 Å². The van der Waals surface area contributed by atoms with Gasteiger partial charge < -0.3 is 10.6 Å². The van der Waals surface area contributed by atoms with E-state index >= 15 is 0 Å². The molecule has 0 aromatic heterocycles. The molecule has 3 heteroatoms. The van der Waals surface area contributed by atoms with E-state index in [0.29, 0.717) is 5.41 Å². The molecule has 74 valence electrons. The molecule has 1 spiro atoms. The topological polar surface area (TPSA) is 46.3 Å². The Labute approximate surface area is 79.3 Å². The van der Waals surface area contributed by atoms with Crippen LogP contribution in [0.3, 0.4) is 0 Å². The van der Waals surface area contributed by atoms with Gasteiger partial charge in [0.25, 0.3) is 0 Å². The van der Waals surface area contributed by atoms with E-state index < -0.39 is 0 Å². The number of piperidine rings is 1. The summed E-state index contributed by atoms with van der Waals surface area (Å²) in [5, 5.41) is 0. The first-order valence-corrected chi connectivity index (χ1v) is 5.17. The van der Waals surface area contributed by atoms with Crippen molar-refractivity contribution in [1.29, 1.82) is 0 Å². The third kappa shape index (κ3) is 1.57. The molecule has 2 N–H and O–H groups in total. The van der Waals surface area contributed by atoms with Gasteiger partial charge in [-0.25, -0.2) is 0 Å². The molecule has 2 rings (SSSR count). The second-order valence-electron chi connectivity index (χ2n) is 4.65. The average molecular weight is 182 g/mol. The molecule has 2 fully saturated rings. The molecule has 0 aromatic carbocycles. The van der Waals surface area contributed by atoms with Crippen LogP contribution >= 0.6 is 0 Å². The number of carbonyl (C=O) groups is 1. The minimum Gasteiger partial charge on any atom is -0.345 e. The Bertz CT molecular complexity index is 189. The third-order valence-corrected chi connectivity index (χ3v) is 3.78. The van der Waals surface area contributed by atoms with Crippen molar-refractivity contribution < 1.29 is 4.79 Å². The van der Waals surface area contributed by atoms with Crippen molar-refractivity contribution in [2.75, 3.05) is 19.6 Å². The van der Waals surface area contributed by atoms with Crippen molar-refractivity contribution in [3.8, 4) is 0 Å². The van der Waals surface area contributed by atoms with Crippen LogP contribution in [0.25, 0.3) is 0 Å². The first-order chi connectivity index (χ1) is 6.28. The van der Waals surface area contributed by atoms with Crippen molar-refractivity contribution in [2.24, 2.45) is 17.1 Å². The maximum absolute atomic E-state index is 10.5. The van der Waals surface area contributed by atoms with Gasteiger partial charge in [-0.15, -0.1) is 0 Å². The van der Waals surface area contributed by atoms with Crippen LogP contribution in [-0.4, -0.2) is 30.9 Å². The molecular formula is C10H18N2O. The Balaban J connectivity index is 1.82. The molecule has 3 nitrogen and oxygen atoms in total. The smallest absolute Gasteiger partial charge is 0.209 e. The number of rotatable bonds is 2. The summed E-state index contributed by atoms with van der Waals surface area (Å²) >= 11 is 0. The minimum absolute atomic E-state index is 0.573. The second kappa shape index (κ2) is 3.29. The van der Waals surface area contributed by atoms with Crippen molar-refractivity contribution >= 4 is 6.41 Å². The summed E-state index contributed by atoms with van der Waals surface area (Å²) in [5.41, 5.74) is 6.18. The first kappa shape index (κ1) is 9.00. The van der Waals surface area contributed by atoms with Crippen molar-refractivity contribution in [3.63, 3.8) is 0 Å². The summed E-state index contributed by atoms with van der Waals surface area (Å²) in [5.74, 6) is 0.766. The molecule has 2 aliphatic rings. The monoisotopic (exact) mass is 182 g/mol. The first-order valence-electron chi connectivity index (χ1n) is 5.17. The highest BCUT2D eigenvalue weighted by molar-refractivity contribution is 5.47. The molecule has 1 aliphatic carbocycles. The summed E-state index contributed by atoms with van der Waals surface area (Å²) in [4.78, 5) is 12.4. The highest BCUT2D eigenvalue weighted by atomic mass is 16.1. The molecule has 0 atom stereocenters. The summed E-state index contributed by atoms with van der Waals surface area (Å²) < 4.78 is 0. The van der Waals surface area contributed by atoms with Gasteiger partial charge in [0.15, 0.2) is 0 Å². The Morgan fingerprint density at radius 2 is 2.00 bits per heavy atom. The molecule has 1 aliphatic heterocycles. The van der Waals surface area contributed by atoms with E-state index in [0.717, 1.165) is 32.0 Å². The molecule has 1 saturated heterocycles. The maximum atomic E-state index is 10.5. The highest BCUT2D eigenvalue weighted by Crippen LogP contribution is 2.51. The zero-order valence-corrected chi connectivity index (χ0v) is 8.04. The number of hydrogen-bond donors (Lipinski definition) is 1. The van der Waals surface area contributed by atoms with Crippen molar-refractivity contribution in [2.45, 2.75) is 25.7 Å². The predicted molar refractivity (Wildman–Crippen MR) is 51.1 cm³/mol. The second-order valence-corrected chi connectivity index (χ2v) is 4.65. The number of hydrogen-bond acceptors (Lipinski definition) is 2. The minimum atomic E-state index is 0.573. The third-order valence-electron chi connectivity index (χ3n) is 3.78. The lowest BCUT2D eigenvalue weighted by Gasteiger charge is -2.51. The van der Waals surface area contributed by atoms with Crippen LogP contribution in [0.1, 0.15) is 25.7 Å². The van der Waals surface area contributed by atoms with Crippen LogP contribution in [0.5, 0.6) is 0 Å². The predicted octanol–water partition coefficient (Wildman–Crippen LogP) is 0.594. The van der Waals surface area contributed by atoms with E-state index in [2.05, 4.69) is 0 Å². The van der Waals surface area contributed by atoms with E-state index in [-0.39, 0.29) is 0 Å². The van der Waals surface area contributed by atoms with E-state index in [1.807, 2.05) is 4.90 Å². The van der Waals surface area contributed by atoms with Gasteiger partial charge in [-0.3, -0.25) is 4.79 Å². The van der Waals surface area contributed by atoms with E-state index in [1.165, 1.54) is 25.7 Å². The lowest BCUT2D eigenvalue weighted by Crippen LogP contribution is -2.48. The Kier molecular flexibility index (Phi) is 2.28. The van der Waals surface area contributed by atoms with E-state index in [4.69, 9.17) is 5.73 Å². The Hall–Kier alpha value is -0.570. The normalized spacial score (nSPS) is 27.3. The number of amides is 1. The van der Waals surface area contributed by atoms with Crippen LogP contribution in [0.4, 0.5) is 0 Å². The summed E-state index contributed by atoms with van der Waals surface area (Å²) in [7, 11) is 0. The summed E-state index contributed by atoms with van der Waals surface area (Å²) in [6.45, 7) is 2.76. The van der Waals surface area contributed by atoms with Crippen molar-refractivity contribution in [1.82, 2.24) is 4.90 Å². The van der Waals surface area contributed by atoms with Gasteiger partial charge >= 0.3 is 0 Å². The molecule has 13 heavy (non-hydrogen) atoms. The van der Waals surface area contributed by atoms with Gasteiger partial charge in [0, 0.05) is 13.1 Å². The maximum Gasteiger partial charge on any atom is 0.209 e. The summed E-state index contributed by atoms with van der Waals surface area (Å²) in [6.07, 6.45) is 5.98. The number of likely N-dealkylation sites (tertiary alicyclic amines) is 1. The van der Waals surface area contributed by atoms with E-state index in [9.17, 15) is 4.79 Å². The fourth-order valence-corrected chi connectivity index (χ4v) is 2.84. The van der Waals surface area contributed by atoms with Crippen molar-refractivity contribution in [3.05, 3.63) is 0 Å². The van der Waals surface area contributed by atoms with Gasteiger partial charge in [0.2, 0.25) is 6.41 Å². The van der Waals surface area contributed by atoms with Crippen LogP contribution in [0.15, 0.2) is 0 Å². The van der Waals surface area contributed by atoms with E-state index in [1.54, 1.807) is 0 Å². The quantitative estimate of drug-likeness (QED) is 0.635. The molecule has 0 bridgehead atoms. The molecule has 0 radical (unpaired) electrons. The fraction of sp³-hybridized carbons (Fsp3) is 0.900. The fourth-order valence-electron chi connectivity index (χ4n) is 2.84. The molecule has 0 unspecified atom stereocenters. The lowest BCUT2D eigenvalue weighted by atomic mass is 9.57. The average Bonchev–Trinajstić information content (AvgIpc) is 2.14. The Morgan fingerprint density at radius 1 is 1.38 bits per heavy atom. The zero-order chi connectivity index (χ0) is 9.31. The molecular weight excluding hydrogens is 164 g/mol. The summed E-state index contributed by atoms with van der Waals surface area (Å²) in [6, 6.07) is 0. The largest absolute Gasteiger partial charge is 0.345 e. The lowest BCUT2D eigenvalue weighted by molar-refractivity contribution is -0.122. The van der Waals surface area contributed by atoms with Crippen LogP contribution in [0, 0.1) is 11.3 Å². The standard InChI is InChI=1S/C10H18N2O/c11-7-9-5-10(6-9)1-3-12(8-13)4-2-10/h8-9H,1-7,11H2. The SMILES string of the molecule is NCC1CC2(CCN(C=O)CC2)C1. The molecule has 1 amide bonds. The highest BCUT2D eigenvalue weighted by Gasteiger charge is 2.44. The molecule has 1 heterocycles. The van der Waals surface area contributed by atoms with Crippen LogP contribution < -0.4 is 5.73 Å². The van der Waals surface area contributed by atoms with Gasteiger partial charge in [-0.05, 0) is 43.6 Å². The van der Waals surface area contributed by atoms with Gasteiger partial charge in [-0.1, -0.05) is 0 Å². The van der Waals surface area contributed by atoms with Crippen LogP contribution in [-0.2, 0) is 4.79 Å². The number of nitrogens with zero attached hydrogens (tertiary/aromatic N) is 1. The van der Waals surface area contributed by atoms with Gasteiger partial charge in [-0.2, -0.15) is 0 Å². The Morgan fingerprint density at radius 3 is 2.46 bits per heavy atom. The molecule has 1 saturated carbocycles. The van der Waals surface area contributed by atoms with Gasteiger partial charge in [0.05, 0.1) is 0 Å². The van der Waals surface area contributed by atoms with Crippen LogP contribution in [0.2, 0.25) is 0 Å². The number of nitrogens with two attached hydrogens (primary N) is 1. The zero-order valence-electron chi connectivity index (χ0n) is 8.04. The number of carbonyl (C=O) groups excluding carboxylic acids is 1. The molecule has 0 aromatic rings.